The van der Waals surface area contributed by atoms with Crippen LogP contribution in [0, 0.1) is 5.92 Å². The Morgan fingerprint density at radius 3 is 2.00 bits per heavy atom. The molecule has 0 saturated carbocycles. The normalized spacial score (nSPS) is 13.4. The van der Waals surface area contributed by atoms with E-state index in [4.69, 9.17) is 0 Å². The second-order valence-corrected chi connectivity index (χ2v) is 13.8. The summed E-state index contributed by atoms with van der Waals surface area (Å²) in [5.41, 5.74) is 1.39. The molecular formula is C38H60N5O4+. The third kappa shape index (κ3) is 11.1. The van der Waals surface area contributed by atoms with Crippen LogP contribution in [0.5, 0.6) is 0 Å². The third-order valence-electron chi connectivity index (χ3n) is 9.59. The van der Waals surface area contributed by atoms with E-state index in [9.17, 15) is 19.2 Å². The number of carbonyl (C=O) groups excluding carboxylic acids is 4. The summed E-state index contributed by atoms with van der Waals surface area (Å²) in [6.07, 6.45) is 7.59. The molecule has 9 heteroatoms. The van der Waals surface area contributed by atoms with E-state index < -0.39 is 5.92 Å². The molecule has 1 aliphatic rings. The first-order valence-electron chi connectivity index (χ1n) is 17.9. The van der Waals surface area contributed by atoms with Crippen molar-refractivity contribution >= 4 is 34.3 Å². The molecule has 0 saturated heterocycles. The van der Waals surface area contributed by atoms with Gasteiger partial charge >= 0.3 is 6.03 Å². The first kappa shape index (κ1) is 38.2. The van der Waals surface area contributed by atoms with E-state index in [2.05, 4.69) is 31.2 Å². The van der Waals surface area contributed by atoms with Gasteiger partial charge in [-0.1, -0.05) is 56.7 Å². The number of Topliss-reactive ketones (excluding diaryl/α,β-unsaturated/α-hetero) is 2. The maximum Gasteiger partial charge on any atom is 0.317 e. The zero-order chi connectivity index (χ0) is 34.4. The number of hydrogen-bond acceptors (Lipinski definition) is 5. The molecule has 47 heavy (non-hydrogen) atoms. The molecule has 1 N–H and O–H groups in total. The number of benzene rings is 2. The number of likely N-dealkylation sites (N-methyl/N-ethyl adjacent to an activating group) is 1. The van der Waals surface area contributed by atoms with Crippen LogP contribution in [0.4, 0.5) is 4.79 Å². The Bertz CT molecular complexity index is 1290. The number of nitrogens with one attached hydrogen (secondary N) is 1. The Hall–Kier alpha value is -3.30. The molecule has 0 atom stereocenters. The fraction of sp³-hybridized carbons (Fsp3) is 0.632. The number of hydrogen-bond donors (Lipinski definition) is 1. The summed E-state index contributed by atoms with van der Waals surface area (Å²) in [6, 6.07) is 11.4. The van der Waals surface area contributed by atoms with Gasteiger partial charge in [0.25, 0.3) is 0 Å². The Morgan fingerprint density at radius 1 is 0.766 bits per heavy atom. The molecule has 1 aliphatic carbocycles. The highest BCUT2D eigenvalue weighted by molar-refractivity contribution is 6.29. The van der Waals surface area contributed by atoms with Crippen molar-refractivity contribution in [1.82, 2.24) is 20.0 Å². The van der Waals surface area contributed by atoms with Gasteiger partial charge < -0.3 is 24.5 Å². The van der Waals surface area contributed by atoms with Crippen LogP contribution in [0.25, 0.3) is 10.8 Å². The second-order valence-electron chi connectivity index (χ2n) is 13.8. The maximum atomic E-state index is 13.3. The van der Waals surface area contributed by atoms with Crippen molar-refractivity contribution in [2.24, 2.45) is 5.92 Å². The van der Waals surface area contributed by atoms with E-state index in [0.717, 1.165) is 73.7 Å². The van der Waals surface area contributed by atoms with Crippen molar-refractivity contribution in [2.45, 2.75) is 72.1 Å². The van der Waals surface area contributed by atoms with Gasteiger partial charge in [0, 0.05) is 62.7 Å². The summed E-state index contributed by atoms with van der Waals surface area (Å²) < 4.78 is 0.887. The molecule has 2 aromatic carbocycles. The number of carbonyl (C=O) groups is 4. The molecule has 0 bridgehead atoms. The van der Waals surface area contributed by atoms with Gasteiger partial charge in [0.05, 0.1) is 33.1 Å². The SMILES string of the molecule is CCCN(CCCCCC[N+](C)(C)CCCC1C(=O)c2cccc3cccc(c23)C1=O)CCN(CCN(C)C(=O)CC)C(=O)NCC. The minimum Gasteiger partial charge on any atom is -0.344 e. The highest BCUT2D eigenvalue weighted by Gasteiger charge is 2.35. The lowest BCUT2D eigenvalue weighted by Crippen LogP contribution is -2.47. The van der Waals surface area contributed by atoms with Gasteiger partial charge in [-0.2, -0.15) is 0 Å². The lowest BCUT2D eigenvalue weighted by molar-refractivity contribution is -0.890. The number of ketones is 2. The largest absolute Gasteiger partial charge is 0.344 e. The number of nitrogens with zero attached hydrogens (tertiary/aromatic N) is 4. The van der Waals surface area contributed by atoms with Crippen LogP contribution in [0.1, 0.15) is 92.9 Å². The first-order chi connectivity index (χ1) is 22.5. The molecule has 3 amide bonds. The first-order valence-corrected chi connectivity index (χ1v) is 17.9. The molecule has 9 nitrogen and oxygen atoms in total. The van der Waals surface area contributed by atoms with Crippen LogP contribution in [-0.4, -0.2) is 123 Å². The molecule has 0 aromatic heterocycles. The third-order valence-corrected chi connectivity index (χ3v) is 9.59. The Morgan fingerprint density at radius 2 is 1.38 bits per heavy atom. The minimum absolute atomic E-state index is 0.0188. The molecular weight excluding hydrogens is 590 g/mol. The molecule has 0 spiro atoms. The summed E-state index contributed by atoms with van der Waals surface area (Å²) in [4.78, 5) is 57.2. The van der Waals surface area contributed by atoms with Gasteiger partial charge in [0.1, 0.15) is 0 Å². The van der Waals surface area contributed by atoms with Crippen LogP contribution in [0.2, 0.25) is 0 Å². The lowest BCUT2D eigenvalue weighted by atomic mass is 9.78. The second kappa shape index (κ2) is 18.9. The molecule has 260 valence electrons. The van der Waals surface area contributed by atoms with Crippen molar-refractivity contribution in [1.29, 1.82) is 0 Å². The molecule has 0 heterocycles. The fourth-order valence-electron chi connectivity index (χ4n) is 6.73. The molecule has 0 unspecified atom stereocenters. The Labute approximate surface area is 283 Å². The van der Waals surface area contributed by atoms with Gasteiger partial charge in [-0.3, -0.25) is 14.4 Å². The molecule has 2 aromatic rings. The van der Waals surface area contributed by atoms with Crippen LogP contribution in [0.15, 0.2) is 36.4 Å². The van der Waals surface area contributed by atoms with Gasteiger partial charge in [-0.25, -0.2) is 4.79 Å². The average molecular weight is 651 g/mol. The highest BCUT2D eigenvalue weighted by Crippen LogP contribution is 2.34. The van der Waals surface area contributed by atoms with Crippen LogP contribution < -0.4 is 5.32 Å². The molecule has 0 radical (unpaired) electrons. The fourth-order valence-corrected chi connectivity index (χ4v) is 6.73. The summed E-state index contributed by atoms with van der Waals surface area (Å²) in [5, 5.41) is 4.70. The zero-order valence-electron chi connectivity index (χ0n) is 30.0. The van der Waals surface area contributed by atoms with E-state index in [1.807, 2.05) is 55.1 Å². The van der Waals surface area contributed by atoms with Crippen molar-refractivity contribution in [2.75, 3.05) is 80.0 Å². The van der Waals surface area contributed by atoms with Crippen LogP contribution in [-0.2, 0) is 4.79 Å². The number of amides is 3. The topological polar surface area (TPSA) is 90.0 Å². The highest BCUT2D eigenvalue weighted by atomic mass is 16.2. The molecule has 3 rings (SSSR count). The van der Waals surface area contributed by atoms with Crippen molar-refractivity contribution in [3.8, 4) is 0 Å². The predicted octanol–water partition coefficient (Wildman–Crippen LogP) is 5.86. The van der Waals surface area contributed by atoms with E-state index in [0.29, 0.717) is 50.1 Å². The van der Waals surface area contributed by atoms with Gasteiger partial charge in [0.15, 0.2) is 11.6 Å². The summed E-state index contributed by atoms with van der Waals surface area (Å²) >= 11 is 0. The van der Waals surface area contributed by atoms with E-state index in [-0.39, 0.29) is 23.5 Å². The summed E-state index contributed by atoms with van der Waals surface area (Å²) in [5.74, 6) is -0.515. The zero-order valence-corrected chi connectivity index (χ0v) is 30.0. The predicted molar refractivity (Wildman–Crippen MR) is 191 cm³/mol. The Balaban J connectivity index is 1.37. The summed E-state index contributed by atoms with van der Waals surface area (Å²) in [7, 11) is 6.30. The average Bonchev–Trinajstić information content (AvgIpc) is 3.05. The smallest absolute Gasteiger partial charge is 0.317 e. The number of rotatable bonds is 21. The quantitative estimate of drug-likeness (QED) is 0.104. The van der Waals surface area contributed by atoms with Crippen molar-refractivity contribution in [3.63, 3.8) is 0 Å². The maximum absolute atomic E-state index is 13.3. The number of urea groups is 1. The van der Waals surface area contributed by atoms with E-state index in [1.54, 1.807) is 11.9 Å². The van der Waals surface area contributed by atoms with E-state index in [1.165, 1.54) is 12.8 Å². The van der Waals surface area contributed by atoms with E-state index >= 15 is 0 Å². The standard InChI is InChI=1S/C38H59N5O4/c1-7-22-41(25-27-42(38(47)39-9-3)26-24-40(4)34(44)8-2)23-12-10-11-13-28-43(5,6)29-16-21-33-36(45)31-19-14-17-30-18-15-20-32(35(30)31)37(33)46/h14-15,17-20,33H,7-13,16,21-29H2,1-6H3/p+1. The summed E-state index contributed by atoms with van der Waals surface area (Å²) in [6.45, 7) is 13.1. The lowest BCUT2D eigenvalue weighted by Gasteiger charge is -2.31. The van der Waals surface area contributed by atoms with Crippen LogP contribution in [0.3, 0.4) is 0 Å². The van der Waals surface area contributed by atoms with Crippen molar-refractivity contribution < 1.29 is 23.7 Å². The van der Waals surface area contributed by atoms with Crippen LogP contribution >= 0.6 is 0 Å². The molecule has 0 aliphatic heterocycles. The Kier molecular flexibility index (Phi) is 15.3. The number of quaternary nitrogens is 1. The van der Waals surface area contributed by atoms with Gasteiger partial charge in [-0.15, -0.1) is 0 Å². The van der Waals surface area contributed by atoms with Crippen molar-refractivity contribution in [3.05, 3.63) is 47.5 Å². The van der Waals surface area contributed by atoms with Gasteiger partial charge in [0.2, 0.25) is 5.91 Å². The monoisotopic (exact) mass is 650 g/mol. The minimum atomic E-state index is -0.568. The molecule has 0 fully saturated rings. The number of unbranched alkanes of at least 4 members (excludes halogenated alkanes) is 3. The van der Waals surface area contributed by atoms with Gasteiger partial charge in [-0.05, 0) is 63.9 Å².